The molecule has 1 aliphatic rings. The lowest BCUT2D eigenvalue weighted by molar-refractivity contribution is -0.137. The summed E-state index contributed by atoms with van der Waals surface area (Å²) in [5, 5.41) is 25.6. The number of alkyl halides is 3. The largest absolute Gasteiger partial charge is 0.418 e. The highest BCUT2D eigenvalue weighted by molar-refractivity contribution is 7.09. The van der Waals surface area contributed by atoms with Gasteiger partial charge in [0.1, 0.15) is 18.0 Å². The van der Waals surface area contributed by atoms with Crippen LogP contribution in [-0.2, 0) is 12.6 Å². The highest BCUT2D eigenvalue weighted by Crippen LogP contribution is 2.39. The van der Waals surface area contributed by atoms with Crippen LogP contribution in [0.25, 0.3) is 0 Å². The van der Waals surface area contributed by atoms with Gasteiger partial charge < -0.3 is 47.0 Å². The van der Waals surface area contributed by atoms with Gasteiger partial charge in [-0.25, -0.2) is 29.9 Å². The fourth-order valence-corrected chi connectivity index (χ4v) is 8.86. The Morgan fingerprint density at radius 2 is 1.02 bits per heavy atom. The van der Waals surface area contributed by atoms with Crippen molar-refractivity contribution in [2.24, 2.45) is 5.92 Å². The molecule has 1 saturated heterocycles. The summed E-state index contributed by atoms with van der Waals surface area (Å²) in [5.74, 6) is 3.25. The van der Waals surface area contributed by atoms with E-state index in [9.17, 15) is 13.2 Å². The molecule has 1 aliphatic heterocycles. The van der Waals surface area contributed by atoms with E-state index in [1.807, 2.05) is 104 Å². The minimum atomic E-state index is -4.34. The van der Waals surface area contributed by atoms with E-state index in [0.717, 1.165) is 66.4 Å². The van der Waals surface area contributed by atoms with E-state index in [-0.39, 0.29) is 11.7 Å². The molecule has 1 aromatic carbocycles. The quantitative estimate of drug-likeness (QED) is 0.0426. The number of hydrogen-bond donors (Lipinski definition) is 7. The number of piperazine rings is 1. The zero-order valence-electron chi connectivity index (χ0n) is 57.8. The van der Waals surface area contributed by atoms with Gasteiger partial charge in [0.15, 0.2) is 0 Å². The Hall–Kier alpha value is -8.24. The van der Waals surface area contributed by atoms with Crippen LogP contribution >= 0.6 is 11.3 Å². The van der Waals surface area contributed by atoms with Crippen molar-refractivity contribution in [2.75, 3.05) is 74.8 Å². The van der Waals surface area contributed by atoms with Gasteiger partial charge in [0.2, 0.25) is 5.95 Å². The highest BCUT2D eigenvalue weighted by Gasteiger charge is 2.36. The van der Waals surface area contributed by atoms with Gasteiger partial charge in [-0.3, -0.25) is 15.0 Å². The number of nitrogens with zero attached hydrogens (tertiary/aromatic N) is 11. The number of likely N-dealkylation sites (N-methyl/N-ethyl adjacent to an activating group) is 1. The molecular formula is C70H107F3N18S. The fourth-order valence-electron chi connectivity index (χ4n) is 8.03. The van der Waals surface area contributed by atoms with Crippen LogP contribution in [-0.4, -0.2) is 125 Å². The molecule has 0 amide bonds. The van der Waals surface area contributed by atoms with Gasteiger partial charge in [-0.05, 0) is 195 Å². The number of anilines is 8. The number of benzene rings is 1. The third-order valence-corrected chi connectivity index (χ3v) is 12.6. The first-order valence-electron chi connectivity index (χ1n) is 31.8. The average Bonchev–Trinajstić information content (AvgIpc) is 0.874. The van der Waals surface area contributed by atoms with Crippen LogP contribution in [0.4, 0.5) is 59.2 Å². The van der Waals surface area contributed by atoms with Gasteiger partial charge in [0.25, 0.3) is 0 Å². The van der Waals surface area contributed by atoms with Gasteiger partial charge in [-0.2, -0.15) is 13.2 Å². The summed E-state index contributed by atoms with van der Waals surface area (Å²) < 4.78 is 40.2. The number of hydrogen-bond acceptors (Lipinski definition) is 19. The third-order valence-electron chi connectivity index (χ3n) is 11.8. The zero-order valence-corrected chi connectivity index (χ0v) is 58.7. The van der Waals surface area contributed by atoms with Gasteiger partial charge in [0.05, 0.1) is 27.6 Å². The van der Waals surface area contributed by atoms with Gasteiger partial charge in [-0.15, -0.1) is 11.3 Å². The smallest absolute Gasteiger partial charge is 0.383 e. The molecule has 0 saturated carbocycles. The molecule has 8 heterocycles. The van der Waals surface area contributed by atoms with Crippen molar-refractivity contribution in [3.8, 4) is 0 Å². The van der Waals surface area contributed by atoms with Crippen LogP contribution in [0.1, 0.15) is 134 Å². The molecule has 0 radical (unpaired) electrons. The van der Waals surface area contributed by atoms with E-state index in [4.69, 9.17) is 0 Å². The van der Waals surface area contributed by atoms with Crippen molar-refractivity contribution >= 4 is 57.4 Å². The lowest BCUT2D eigenvalue weighted by Crippen LogP contribution is -2.46. The van der Waals surface area contributed by atoms with Crippen LogP contribution in [0.5, 0.6) is 0 Å². The molecule has 9 rings (SSSR count). The summed E-state index contributed by atoms with van der Waals surface area (Å²) in [6.07, 6.45) is 16.1. The summed E-state index contributed by atoms with van der Waals surface area (Å²) in [5.41, 5.74) is 4.64. The molecule has 7 aromatic heterocycles. The van der Waals surface area contributed by atoms with Crippen LogP contribution in [0, 0.1) is 12.8 Å². The van der Waals surface area contributed by atoms with Crippen LogP contribution in [0.15, 0.2) is 159 Å². The minimum absolute atomic E-state index is 0.0973. The topological polar surface area (TPSA) is 207 Å². The highest BCUT2D eigenvalue weighted by atomic mass is 32.1. The Morgan fingerprint density at radius 1 is 0.467 bits per heavy atom. The number of aryl methyl sites for hydroxylation is 1. The number of thiazole rings is 1. The predicted octanol–water partition coefficient (Wildman–Crippen LogP) is 16.5. The Labute approximate surface area is 552 Å². The lowest BCUT2D eigenvalue weighted by Gasteiger charge is -2.36. The molecule has 92 heavy (non-hydrogen) atoms. The lowest BCUT2D eigenvalue weighted by atomic mass is 10.1. The maximum atomic E-state index is 13.4. The van der Waals surface area contributed by atoms with E-state index < -0.39 is 11.7 Å². The summed E-state index contributed by atoms with van der Waals surface area (Å²) >= 11 is 1.74. The number of nitrogens with one attached hydrogen (secondary N) is 7. The Bertz CT molecular complexity index is 2750. The molecule has 0 atom stereocenters. The van der Waals surface area contributed by atoms with Crippen molar-refractivity contribution in [1.29, 1.82) is 0 Å². The first-order chi connectivity index (χ1) is 43.7. The van der Waals surface area contributed by atoms with Crippen molar-refractivity contribution in [3.05, 3.63) is 175 Å². The van der Waals surface area contributed by atoms with E-state index in [0.29, 0.717) is 61.0 Å². The number of halogens is 3. The van der Waals surface area contributed by atoms with Crippen LogP contribution in [0.2, 0.25) is 0 Å². The third kappa shape index (κ3) is 39.1. The maximum absolute atomic E-state index is 13.4. The van der Waals surface area contributed by atoms with Gasteiger partial charge in [0, 0.05) is 159 Å². The molecule has 0 aliphatic carbocycles. The molecule has 0 bridgehead atoms. The molecule has 0 unspecified atom stereocenters. The van der Waals surface area contributed by atoms with Crippen LogP contribution in [0.3, 0.4) is 0 Å². The Kier molecular flexibility index (Phi) is 39.9. The molecule has 18 nitrogen and oxygen atoms in total. The van der Waals surface area contributed by atoms with Gasteiger partial charge >= 0.3 is 6.18 Å². The second kappa shape index (κ2) is 45.9. The van der Waals surface area contributed by atoms with E-state index >= 15 is 0 Å². The number of rotatable bonds is 18. The van der Waals surface area contributed by atoms with Crippen molar-refractivity contribution in [3.63, 3.8) is 0 Å². The second-order valence-electron chi connectivity index (χ2n) is 23.8. The predicted molar refractivity (Wildman–Crippen MR) is 383 cm³/mol. The zero-order chi connectivity index (χ0) is 68.3. The molecular weight excluding hydrogens is 1180 g/mol. The molecule has 7 N–H and O–H groups in total. The summed E-state index contributed by atoms with van der Waals surface area (Å²) in [6.45, 7) is 41.2. The Morgan fingerprint density at radius 3 is 1.51 bits per heavy atom. The van der Waals surface area contributed by atoms with E-state index in [1.165, 1.54) is 17.4 Å². The van der Waals surface area contributed by atoms with Crippen molar-refractivity contribution < 1.29 is 13.2 Å². The number of aromatic nitrogens is 9. The molecule has 504 valence electrons. The summed E-state index contributed by atoms with van der Waals surface area (Å²) in [4.78, 5) is 40.2. The van der Waals surface area contributed by atoms with Crippen molar-refractivity contribution in [1.82, 2.24) is 49.8 Å². The standard InChI is InChI=1S/C16H24F3N3.C9H14N2.3C8H12N2.2C7H11N3.C7H11NS/c1-4-21-7-9-22(10-8-21)15-6-5-13(20-12(2)3)11-14(15)16(17,18)19;1-7(2)11-9-5-4-6-10-8(9)3;1-7(2)10-8-3-5-9-6-4-8;1-7(2)10-8-4-3-5-9-6-8;1-7(2)10-8-5-3-4-6-9-8;1-6(2)10-7-3-4-8-5-9-7;1-6(2)10-7-8-4-3-5-9-7;1-6(2)5-7-8-3-4-9-7/h5-6,11-12,20H,4,7-10H2,1-3H3;4-7,11H,1-3H3;3-7H,1-2H3,(H,9,10);3-7,10H,1-2H3;3-7H,1-2H3,(H,9,10);2*3-6H,1-2H3,(H,8,9,10);3-4,6H,5H2,1-2H3. The Balaban J connectivity index is 0.000000367. The monoisotopic (exact) mass is 1290 g/mol. The first kappa shape index (κ1) is 79.9. The SMILES string of the molecule is CC(C)Cc1nccs1.CC(C)Nc1ccccn1.CC(C)Nc1cccnc1.CC(C)Nc1ccncc1.CC(C)Nc1ccncn1.CC(C)Nc1ncccn1.CCN1CCN(c2ccc(NC(C)C)cc2C(F)(F)F)CC1.Cc1ncccc1NC(C)C. The molecule has 22 heteroatoms. The van der Waals surface area contributed by atoms with E-state index in [2.05, 4.69) is 191 Å². The second-order valence-corrected chi connectivity index (χ2v) is 24.7. The average molecular weight is 1290 g/mol. The summed E-state index contributed by atoms with van der Waals surface area (Å²) in [6, 6.07) is 28.7. The van der Waals surface area contributed by atoms with Gasteiger partial charge in [-0.1, -0.05) is 26.8 Å². The normalized spacial score (nSPS) is 11.7. The van der Waals surface area contributed by atoms with Crippen LogP contribution < -0.4 is 42.1 Å². The molecule has 8 aromatic rings. The fraction of sp³-hybridized carbons (Fsp3) is 0.471. The molecule has 1 fully saturated rings. The minimum Gasteiger partial charge on any atom is -0.383 e. The first-order valence-corrected chi connectivity index (χ1v) is 32.7. The maximum Gasteiger partial charge on any atom is 0.418 e. The molecule has 0 spiro atoms. The summed E-state index contributed by atoms with van der Waals surface area (Å²) in [7, 11) is 0. The van der Waals surface area contributed by atoms with E-state index in [1.54, 1.807) is 79.1 Å². The van der Waals surface area contributed by atoms with Crippen molar-refractivity contribution in [2.45, 2.75) is 180 Å². The number of pyridine rings is 4.